The molecule has 3 heteroatoms. The van der Waals surface area contributed by atoms with Crippen molar-refractivity contribution >= 4 is 17.1 Å². The van der Waals surface area contributed by atoms with E-state index in [1.807, 2.05) is 0 Å². The number of ether oxygens (including phenoxy) is 2. The lowest BCUT2D eigenvalue weighted by Gasteiger charge is -2.26. The van der Waals surface area contributed by atoms with Crippen molar-refractivity contribution in [2.24, 2.45) is 0 Å². The molecule has 0 unspecified atom stereocenters. The van der Waals surface area contributed by atoms with Crippen LogP contribution in [0, 0.1) is 13.8 Å². The third-order valence-corrected chi connectivity index (χ3v) is 9.12. The van der Waals surface area contributed by atoms with Crippen molar-refractivity contribution in [3.05, 3.63) is 102 Å². The number of hydrogen-bond donors (Lipinski definition) is 0. The molecule has 0 atom stereocenters. The SMILES string of the molecule is CCCCCCCCOc1cc(-c2ccc(N(c3ccc(C)cc3)c3ccc(CC)cc3)cc2)c(OCCCCCCCC)cc1C. The second kappa shape index (κ2) is 19.8. The fourth-order valence-corrected chi connectivity index (χ4v) is 6.10. The van der Waals surface area contributed by atoms with E-state index in [9.17, 15) is 0 Å². The van der Waals surface area contributed by atoms with E-state index in [0.717, 1.165) is 77.7 Å². The van der Waals surface area contributed by atoms with E-state index in [1.165, 1.54) is 75.3 Å². The highest BCUT2D eigenvalue weighted by molar-refractivity contribution is 5.80. The van der Waals surface area contributed by atoms with Gasteiger partial charge < -0.3 is 14.4 Å². The molecule has 4 rings (SSSR count). The number of aryl methyl sites for hydroxylation is 3. The molecule has 47 heavy (non-hydrogen) atoms. The molecular formula is C44H59NO2. The number of hydrogen-bond acceptors (Lipinski definition) is 3. The van der Waals surface area contributed by atoms with Crippen LogP contribution in [0.3, 0.4) is 0 Å². The first kappa shape index (κ1) is 36.1. The Bertz CT molecular complexity index is 1440. The molecule has 0 aliphatic carbocycles. The topological polar surface area (TPSA) is 21.7 Å². The number of nitrogens with zero attached hydrogens (tertiary/aromatic N) is 1. The minimum Gasteiger partial charge on any atom is -0.493 e. The zero-order valence-corrected chi connectivity index (χ0v) is 30.0. The lowest BCUT2D eigenvalue weighted by Crippen LogP contribution is -2.10. The van der Waals surface area contributed by atoms with Gasteiger partial charge in [-0.25, -0.2) is 0 Å². The summed E-state index contributed by atoms with van der Waals surface area (Å²) in [7, 11) is 0. The summed E-state index contributed by atoms with van der Waals surface area (Å²) in [6, 6.07) is 31.0. The van der Waals surface area contributed by atoms with Crippen molar-refractivity contribution in [1.82, 2.24) is 0 Å². The molecule has 0 fully saturated rings. The highest BCUT2D eigenvalue weighted by Gasteiger charge is 2.16. The van der Waals surface area contributed by atoms with Crippen LogP contribution in [-0.2, 0) is 6.42 Å². The lowest BCUT2D eigenvalue weighted by molar-refractivity contribution is 0.295. The molecule has 4 aromatic carbocycles. The van der Waals surface area contributed by atoms with Gasteiger partial charge in [-0.05, 0) is 98.3 Å². The molecule has 0 aromatic heterocycles. The maximum absolute atomic E-state index is 6.50. The summed E-state index contributed by atoms with van der Waals surface area (Å²) in [5, 5.41) is 0. The smallest absolute Gasteiger partial charge is 0.127 e. The second-order valence-corrected chi connectivity index (χ2v) is 13.1. The van der Waals surface area contributed by atoms with Crippen LogP contribution in [-0.4, -0.2) is 13.2 Å². The zero-order chi connectivity index (χ0) is 33.3. The van der Waals surface area contributed by atoms with Crippen LogP contribution < -0.4 is 14.4 Å². The normalized spacial score (nSPS) is 11.1. The van der Waals surface area contributed by atoms with E-state index in [1.54, 1.807) is 0 Å². The van der Waals surface area contributed by atoms with E-state index in [-0.39, 0.29) is 0 Å². The molecule has 0 bridgehead atoms. The Balaban J connectivity index is 1.58. The Morgan fingerprint density at radius 1 is 0.489 bits per heavy atom. The molecule has 252 valence electrons. The Morgan fingerprint density at radius 3 is 1.49 bits per heavy atom. The van der Waals surface area contributed by atoms with Gasteiger partial charge in [-0.3, -0.25) is 0 Å². The maximum atomic E-state index is 6.50. The van der Waals surface area contributed by atoms with Gasteiger partial charge in [0.05, 0.1) is 13.2 Å². The van der Waals surface area contributed by atoms with Gasteiger partial charge in [0.1, 0.15) is 11.5 Å². The lowest BCUT2D eigenvalue weighted by atomic mass is 10.0. The van der Waals surface area contributed by atoms with Gasteiger partial charge in [0, 0.05) is 22.6 Å². The van der Waals surface area contributed by atoms with Crippen LogP contribution in [0.5, 0.6) is 11.5 Å². The van der Waals surface area contributed by atoms with E-state index in [4.69, 9.17) is 9.47 Å². The third-order valence-electron chi connectivity index (χ3n) is 9.12. The summed E-state index contributed by atoms with van der Waals surface area (Å²) < 4.78 is 12.9. The summed E-state index contributed by atoms with van der Waals surface area (Å²) in [4.78, 5) is 2.34. The van der Waals surface area contributed by atoms with E-state index in [2.05, 4.69) is 124 Å². The minimum atomic E-state index is 0.740. The summed E-state index contributed by atoms with van der Waals surface area (Å²) in [6.07, 6.45) is 16.1. The van der Waals surface area contributed by atoms with Crippen LogP contribution in [0.25, 0.3) is 11.1 Å². The van der Waals surface area contributed by atoms with Crippen molar-refractivity contribution < 1.29 is 9.47 Å². The highest BCUT2D eigenvalue weighted by Crippen LogP contribution is 2.40. The Labute approximate surface area is 286 Å². The molecule has 0 radical (unpaired) electrons. The van der Waals surface area contributed by atoms with Crippen molar-refractivity contribution in [3.8, 4) is 22.6 Å². The van der Waals surface area contributed by atoms with Crippen LogP contribution in [0.1, 0.15) is 115 Å². The van der Waals surface area contributed by atoms with Crippen LogP contribution in [0.15, 0.2) is 84.9 Å². The van der Waals surface area contributed by atoms with Crippen molar-refractivity contribution in [2.45, 2.75) is 118 Å². The van der Waals surface area contributed by atoms with Gasteiger partial charge in [-0.15, -0.1) is 0 Å². The Hall–Kier alpha value is -3.72. The predicted molar refractivity (Wildman–Crippen MR) is 203 cm³/mol. The quantitative estimate of drug-likeness (QED) is 0.0852. The van der Waals surface area contributed by atoms with E-state index >= 15 is 0 Å². The fourth-order valence-electron chi connectivity index (χ4n) is 6.10. The first-order chi connectivity index (χ1) is 23.0. The maximum Gasteiger partial charge on any atom is 0.127 e. The van der Waals surface area contributed by atoms with Crippen LogP contribution >= 0.6 is 0 Å². The molecule has 0 spiro atoms. The van der Waals surface area contributed by atoms with Crippen molar-refractivity contribution in [1.29, 1.82) is 0 Å². The molecule has 0 heterocycles. The predicted octanol–water partition coefficient (Wildman–Crippen LogP) is 13.5. The second-order valence-electron chi connectivity index (χ2n) is 13.1. The summed E-state index contributed by atoms with van der Waals surface area (Å²) in [5.74, 6) is 1.91. The van der Waals surface area contributed by atoms with Gasteiger partial charge in [0.2, 0.25) is 0 Å². The third kappa shape index (κ3) is 11.2. The van der Waals surface area contributed by atoms with Gasteiger partial charge in [0.25, 0.3) is 0 Å². The highest BCUT2D eigenvalue weighted by atomic mass is 16.5. The average Bonchev–Trinajstić information content (AvgIpc) is 3.10. The van der Waals surface area contributed by atoms with E-state index < -0.39 is 0 Å². The summed E-state index contributed by atoms with van der Waals surface area (Å²) >= 11 is 0. The van der Waals surface area contributed by atoms with Crippen molar-refractivity contribution in [2.75, 3.05) is 18.1 Å². The number of anilines is 3. The molecule has 0 amide bonds. The Kier molecular flexibility index (Phi) is 15.2. The molecule has 4 aromatic rings. The number of benzene rings is 4. The number of rotatable bonds is 21. The van der Waals surface area contributed by atoms with Gasteiger partial charge >= 0.3 is 0 Å². The number of unbranched alkanes of at least 4 members (excludes halogenated alkanes) is 10. The van der Waals surface area contributed by atoms with Crippen LogP contribution in [0.2, 0.25) is 0 Å². The molecule has 0 aliphatic heterocycles. The molecule has 0 saturated heterocycles. The zero-order valence-electron chi connectivity index (χ0n) is 30.0. The van der Waals surface area contributed by atoms with Gasteiger partial charge in [-0.1, -0.05) is 127 Å². The fraction of sp³-hybridized carbons (Fsp3) is 0.455. The summed E-state index contributed by atoms with van der Waals surface area (Å²) in [6.45, 7) is 12.5. The molecular weight excluding hydrogens is 574 g/mol. The molecule has 0 saturated carbocycles. The standard InChI is InChI=1S/C44H59NO2/c1-6-9-11-13-15-17-31-46-43-34-42(44(33-36(43)5)47-32-18-16-14-12-10-7-2)38-23-29-41(30-24-38)45(39-25-19-35(4)20-26-39)40-27-21-37(8-3)22-28-40/h19-30,33-34H,6-18,31-32H2,1-5H3. The first-order valence-corrected chi connectivity index (χ1v) is 18.5. The first-order valence-electron chi connectivity index (χ1n) is 18.5. The Morgan fingerprint density at radius 2 is 0.957 bits per heavy atom. The minimum absolute atomic E-state index is 0.740. The largest absolute Gasteiger partial charge is 0.493 e. The van der Waals surface area contributed by atoms with Gasteiger partial charge in [0.15, 0.2) is 0 Å². The molecule has 3 nitrogen and oxygen atoms in total. The summed E-state index contributed by atoms with van der Waals surface area (Å²) in [5.41, 5.74) is 9.40. The average molecular weight is 634 g/mol. The van der Waals surface area contributed by atoms with E-state index in [0.29, 0.717) is 0 Å². The van der Waals surface area contributed by atoms with Gasteiger partial charge in [-0.2, -0.15) is 0 Å². The van der Waals surface area contributed by atoms with Crippen LogP contribution in [0.4, 0.5) is 17.1 Å². The monoisotopic (exact) mass is 633 g/mol. The van der Waals surface area contributed by atoms with Crippen molar-refractivity contribution in [3.63, 3.8) is 0 Å². The molecule has 0 aliphatic rings. The molecule has 0 N–H and O–H groups in total.